The van der Waals surface area contributed by atoms with Crippen molar-refractivity contribution in [2.45, 2.75) is 10.9 Å². The molecule has 0 unspecified atom stereocenters. The average molecular weight is 367 g/mol. The van der Waals surface area contributed by atoms with Crippen LogP contribution in [-0.4, -0.2) is 41.6 Å². The Hall–Kier alpha value is -2.73. The smallest absolute Gasteiger partial charge is 0.253 e. The highest BCUT2D eigenvalue weighted by atomic mass is 32.2. The number of benzene rings is 2. The summed E-state index contributed by atoms with van der Waals surface area (Å²) in [6, 6.07) is 15.6. The molecule has 0 fully saturated rings. The molecule has 1 amide bonds. The first-order valence-electron chi connectivity index (χ1n) is 8.19. The number of aromatic nitrogens is 2. The molecule has 1 heterocycles. The van der Waals surface area contributed by atoms with Crippen LogP contribution in [0.25, 0.3) is 5.69 Å². The highest BCUT2D eigenvalue weighted by Gasteiger charge is 2.09. The normalized spacial score (nSPS) is 10.6. The summed E-state index contributed by atoms with van der Waals surface area (Å²) >= 11 is 1.66. The Labute approximate surface area is 157 Å². The Balaban J connectivity index is 1.69. The molecular weight excluding hydrogens is 346 g/mol. The van der Waals surface area contributed by atoms with Gasteiger partial charge in [0.1, 0.15) is 5.75 Å². The number of amides is 1. The summed E-state index contributed by atoms with van der Waals surface area (Å²) in [5.41, 5.74) is 2.88. The third kappa shape index (κ3) is 4.08. The zero-order valence-electron chi connectivity index (χ0n) is 15.0. The van der Waals surface area contributed by atoms with Gasteiger partial charge in [0.15, 0.2) is 5.16 Å². The quantitative estimate of drug-likeness (QED) is 0.621. The van der Waals surface area contributed by atoms with Gasteiger partial charge in [0, 0.05) is 43.5 Å². The van der Waals surface area contributed by atoms with E-state index in [1.54, 1.807) is 44.1 Å². The van der Waals surface area contributed by atoms with Crippen molar-refractivity contribution >= 4 is 17.7 Å². The van der Waals surface area contributed by atoms with Crippen LogP contribution >= 0.6 is 11.8 Å². The van der Waals surface area contributed by atoms with E-state index < -0.39 is 0 Å². The van der Waals surface area contributed by atoms with Gasteiger partial charge in [0.2, 0.25) is 0 Å². The van der Waals surface area contributed by atoms with Crippen LogP contribution in [0.5, 0.6) is 5.75 Å². The summed E-state index contributed by atoms with van der Waals surface area (Å²) in [6.07, 6.45) is 3.74. The van der Waals surface area contributed by atoms with E-state index in [9.17, 15) is 4.79 Å². The molecule has 0 radical (unpaired) electrons. The number of carbonyl (C=O) groups is 1. The zero-order chi connectivity index (χ0) is 18.5. The summed E-state index contributed by atoms with van der Waals surface area (Å²) in [5.74, 6) is 1.62. The largest absolute Gasteiger partial charge is 0.497 e. The molecule has 134 valence electrons. The Bertz CT molecular complexity index is 871. The number of methoxy groups -OCH3 is 1. The Morgan fingerprint density at radius 2 is 1.81 bits per heavy atom. The van der Waals surface area contributed by atoms with Gasteiger partial charge < -0.3 is 9.64 Å². The fourth-order valence-electron chi connectivity index (χ4n) is 2.49. The second-order valence-corrected chi connectivity index (χ2v) is 6.91. The molecule has 0 N–H and O–H groups in total. The number of hydrogen-bond acceptors (Lipinski definition) is 4. The van der Waals surface area contributed by atoms with Crippen LogP contribution in [0.3, 0.4) is 0 Å². The number of rotatable bonds is 6. The maximum Gasteiger partial charge on any atom is 0.253 e. The Morgan fingerprint density at radius 3 is 2.42 bits per heavy atom. The molecule has 5 nitrogen and oxygen atoms in total. The lowest BCUT2D eigenvalue weighted by Gasteiger charge is -2.11. The molecule has 0 aliphatic rings. The second-order valence-electron chi connectivity index (χ2n) is 5.96. The van der Waals surface area contributed by atoms with Gasteiger partial charge in [-0.05, 0) is 42.0 Å². The van der Waals surface area contributed by atoms with Gasteiger partial charge in [-0.3, -0.25) is 9.36 Å². The Kier molecular flexibility index (Phi) is 5.63. The summed E-state index contributed by atoms with van der Waals surface area (Å²) in [5, 5.41) is 0.920. The molecule has 26 heavy (non-hydrogen) atoms. The third-order valence-corrected chi connectivity index (χ3v) is 4.97. The number of thioether (sulfide) groups is 1. The van der Waals surface area contributed by atoms with Crippen molar-refractivity contribution < 1.29 is 9.53 Å². The molecule has 0 saturated heterocycles. The molecule has 0 atom stereocenters. The molecule has 6 heteroatoms. The summed E-state index contributed by atoms with van der Waals surface area (Å²) < 4.78 is 7.26. The van der Waals surface area contributed by atoms with Crippen LogP contribution in [0, 0.1) is 0 Å². The fourth-order valence-corrected chi connectivity index (χ4v) is 3.41. The standard InChI is InChI=1S/C20H21N3O2S/c1-22(2)19(24)16-6-4-15(5-7-16)14-26-20-21-12-13-23(20)17-8-10-18(25-3)11-9-17/h4-13H,14H2,1-3H3. The van der Waals surface area contributed by atoms with Crippen molar-refractivity contribution in [1.82, 2.24) is 14.5 Å². The number of nitrogens with zero attached hydrogens (tertiary/aromatic N) is 3. The van der Waals surface area contributed by atoms with E-state index >= 15 is 0 Å². The predicted molar refractivity (Wildman–Crippen MR) is 104 cm³/mol. The average Bonchev–Trinajstić information content (AvgIpc) is 3.14. The van der Waals surface area contributed by atoms with Crippen molar-refractivity contribution in [3.8, 4) is 11.4 Å². The van der Waals surface area contributed by atoms with Gasteiger partial charge in [-0.15, -0.1) is 0 Å². The van der Waals surface area contributed by atoms with E-state index in [2.05, 4.69) is 4.98 Å². The first-order valence-corrected chi connectivity index (χ1v) is 9.18. The van der Waals surface area contributed by atoms with Crippen LogP contribution < -0.4 is 4.74 Å². The van der Waals surface area contributed by atoms with E-state index in [1.165, 1.54) is 0 Å². The topological polar surface area (TPSA) is 47.4 Å². The minimum Gasteiger partial charge on any atom is -0.497 e. The molecule has 3 rings (SSSR count). The molecule has 0 aliphatic carbocycles. The van der Waals surface area contributed by atoms with Crippen LogP contribution in [0.4, 0.5) is 0 Å². The Morgan fingerprint density at radius 1 is 1.12 bits per heavy atom. The summed E-state index contributed by atoms with van der Waals surface area (Å²) in [4.78, 5) is 18.0. The van der Waals surface area contributed by atoms with Gasteiger partial charge >= 0.3 is 0 Å². The van der Waals surface area contributed by atoms with Crippen LogP contribution in [0.1, 0.15) is 15.9 Å². The number of ether oxygens (including phenoxy) is 1. The number of imidazole rings is 1. The highest BCUT2D eigenvalue weighted by Crippen LogP contribution is 2.25. The lowest BCUT2D eigenvalue weighted by atomic mass is 10.1. The molecule has 1 aromatic heterocycles. The van der Waals surface area contributed by atoms with E-state index in [0.717, 1.165) is 27.9 Å². The second kappa shape index (κ2) is 8.10. The number of carbonyl (C=O) groups excluding carboxylic acids is 1. The fraction of sp³-hybridized carbons (Fsp3) is 0.200. The lowest BCUT2D eigenvalue weighted by Crippen LogP contribution is -2.21. The molecule has 0 aliphatic heterocycles. The molecule has 0 bridgehead atoms. The van der Waals surface area contributed by atoms with E-state index in [-0.39, 0.29) is 5.91 Å². The van der Waals surface area contributed by atoms with Crippen molar-refractivity contribution in [3.63, 3.8) is 0 Å². The summed E-state index contributed by atoms with van der Waals surface area (Å²) in [7, 11) is 5.17. The summed E-state index contributed by atoms with van der Waals surface area (Å²) in [6.45, 7) is 0. The molecule has 2 aromatic carbocycles. The van der Waals surface area contributed by atoms with Gasteiger partial charge in [0.25, 0.3) is 5.91 Å². The molecule has 0 spiro atoms. The first kappa shape index (κ1) is 18.1. The van der Waals surface area contributed by atoms with Crippen LogP contribution in [0.15, 0.2) is 66.1 Å². The van der Waals surface area contributed by atoms with E-state index in [0.29, 0.717) is 5.56 Å². The minimum atomic E-state index is 0.0132. The van der Waals surface area contributed by atoms with Crippen molar-refractivity contribution in [2.75, 3.05) is 21.2 Å². The van der Waals surface area contributed by atoms with Crippen LogP contribution in [0.2, 0.25) is 0 Å². The molecule has 3 aromatic rings. The maximum absolute atomic E-state index is 11.9. The van der Waals surface area contributed by atoms with E-state index in [1.807, 2.05) is 59.3 Å². The SMILES string of the molecule is COc1ccc(-n2ccnc2SCc2ccc(C(=O)N(C)C)cc2)cc1. The van der Waals surface area contributed by atoms with Gasteiger partial charge in [0.05, 0.1) is 7.11 Å². The molecule has 0 saturated carbocycles. The van der Waals surface area contributed by atoms with E-state index in [4.69, 9.17) is 4.74 Å². The molecular formula is C20H21N3O2S. The highest BCUT2D eigenvalue weighted by molar-refractivity contribution is 7.98. The predicted octanol–water partition coefficient (Wildman–Crippen LogP) is 3.88. The van der Waals surface area contributed by atoms with Gasteiger partial charge in [-0.1, -0.05) is 23.9 Å². The van der Waals surface area contributed by atoms with Gasteiger partial charge in [-0.2, -0.15) is 0 Å². The number of hydrogen-bond donors (Lipinski definition) is 0. The zero-order valence-corrected chi connectivity index (χ0v) is 15.9. The minimum absolute atomic E-state index is 0.0132. The first-order chi connectivity index (χ1) is 12.6. The maximum atomic E-state index is 11.9. The van der Waals surface area contributed by atoms with Crippen LogP contribution in [-0.2, 0) is 5.75 Å². The van der Waals surface area contributed by atoms with Crippen molar-refractivity contribution in [2.24, 2.45) is 0 Å². The van der Waals surface area contributed by atoms with Crippen molar-refractivity contribution in [3.05, 3.63) is 72.1 Å². The monoisotopic (exact) mass is 367 g/mol. The van der Waals surface area contributed by atoms with Gasteiger partial charge in [-0.25, -0.2) is 4.98 Å². The third-order valence-electron chi connectivity index (χ3n) is 3.93. The van der Waals surface area contributed by atoms with Crippen molar-refractivity contribution in [1.29, 1.82) is 0 Å². The lowest BCUT2D eigenvalue weighted by molar-refractivity contribution is 0.0827.